The summed E-state index contributed by atoms with van der Waals surface area (Å²) in [7, 11) is 1.79. The Bertz CT molecular complexity index is 561. The molecule has 0 fully saturated rings. The second-order valence-electron chi connectivity index (χ2n) is 4.92. The molecule has 0 saturated carbocycles. The van der Waals surface area contributed by atoms with Crippen LogP contribution in [0.1, 0.15) is 36.1 Å². The monoisotopic (exact) mass is 275 g/mol. The number of benzene rings is 2. The maximum atomic E-state index is 13.4. The first-order chi connectivity index (χ1) is 9.63. The van der Waals surface area contributed by atoms with E-state index in [4.69, 9.17) is 0 Å². The largest absolute Gasteiger partial charge is 0.309 e. The first-order valence-corrected chi connectivity index (χ1v) is 6.86. The highest BCUT2D eigenvalue weighted by Crippen LogP contribution is 2.24. The van der Waals surface area contributed by atoms with Crippen molar-refractivity contribution in [2.24, 2.45) is 0 Å². The predicted octanol–water partition coefficient (Wildman–Crippen LogP) is 4.23. The van der Waals surface area contributed by atoms with Gasteiger partial charge in [-0.3, -0.25) is 0 Å². The van der Waals surface area contributed by atoms with E-state index in [1.165, 1.54) is 17.7 Å². The van der Waals surface area contributed by atoms with Crippen LogP contribution < -0.4 is 5.32 Å². The fraction of sp³-hybridized carbons (Fsp3) is 0.294. The summed E-state index contributed by atoms with van der Waals surface area (Å²) in [5.41, 5.74) is 2.85. The van der Waals surface area contributed by atoms with Gasteiger partial charge in [-0.1, -0.05) is 37.6 Å². The van der Waals surface area contributed by atoms with Gasteiger partial charge in [0.1, 0.15) is 11.6 Å². The summed E-state index contributed by atoms with van der Waals surface area (Å²) >= 11 is 0. The van der Waals surface area contributed by atoms with E-state index in [1.54, 1.807) is 7.05 Å². The minimum Gasteiger partial charge on any atom is -0.309 e. The molecule has 0 radical (unpaired) electrons. The highest BCUT2D eigenvalue weighted by Gasteiger charge is 2.14. The van der Waals surface area contributed by atoms with Gasteiger partial charge in [-0.15, -0.1) is 0 Å². The van der Waals surface area contributed by atoms with Crippen LogP contribution in [-0.4, -0.2) is 7.05 Å². The molecule has 0 bridgehead atoms. The molecule has 1 unspecified atom stereocenters. The van der Waals surface area contributed by atoms with Gasteiger partial charge in [0.15, 0.2) is 0 Å². The zero-order valence-electron chi connectivity index (χ0n) is 11.8. The molecule has 0 heterocycles. The molecule has 2 rings (SSSR count). The minimum atomic E-state index is -0.551. The third-order valence-electron chi connectivity index (χ3n) is 3.33. The average molecular weight is 275 g/mol. The van der Waals surface area contributed by atoms with Crippen LogP contribution in [0.5, 0.6) is 0 Å². The topological polar surface area (TPSA) is 12.0 Å². The average Bonchev–Trinajstić information content (AvgIpc) is 2.39. The number of rotatable bonds is 5. The van der Waals surface area contributed by atoms with E-state index in [2.05, 4.69) is 24.4 Å². The van der Waals surface area contributed by atoms with E-state index >= 15 is 0 Å². The number of aryl methyl sites for hydroxylation is 1. The van der Waals surface area contributed by atoms with E-state index in [-0.39, 0.29) is 6.04 Å². The molecule has 0 aliphatic rings. The van der Waals surface area contributed by atoms with Crippen molar-refractivity contribution < 1.29 is 8.78 Å². The van der Waals surface area contributed by atoms with Crippen LogP contribution >= 0.6 is 0 Å². The van der Waals surface area contributed by atoms with Gasteiger partial charge in [0.05, 0.1) is 6.04 Å². The van der Waals surface area contributed by atoms with Crippen LogP contribution in [-0.2, 0) is 6.42 Å². The Balaban J connectivity index is 2.38. The summed E-state index contributed by atoms with van der Waals surface area (Å²) in [6.45, 7) is 2.13. The lowest BCUT2D eigenvalue weighted by atomic mass is 9.96. The van der Waals surface area contributed by atoms with Crippen molar-refractivity contribution in [1.29, 1.82) is 0 Å². The molecule has 1 atom stereocenters. The molecule has 20 heavy (non-hydrogen) atoms. The highest BCUT2D eigenvalue weighted by atomic mass is 19.1. The zero-order valence-corrected chi connectivity index (χ0v) is 11.8. The van der Waals surface area contributed by atoms with Crippen LogP contribution in [0, 0.1) is 11.6 Å². The van der Waals surface area contributed by atoms with Crippen LogP contribution in [0.2, 0.25) is 0 Å². The van der Waals surface area contributed by atoms with E-state index in [0.717, 1.165) is 24.5 Å². The van der Waals surface area contributed by atoms with Gasteiger partial charge in [0, 0.05) is 6.07 Å². The molecule has 2 aromatic rings. The predicted molar refractivity (Wildman–Crippen MR) is 77.7 cm³/mol. The first kappa shape index (κ1) is 14.7. The third-order valence-corrected chi connectivity index (χ3v) is 3.33. The molecular weight excluding hydrogens is 256 g/mol. The van der Waals surface area contributed by atoms with Gasteiger partial charge in [-0.2, -0.15) is 0 Å². The number of hydrogen-bond donors (Lipinski definition) is 1. The lowest BCUT2D eigenvalue weighted by Crippen LogP contribution is -2.18. The van der Waals surface area contributed by atoms with Crippen LogP contribution in [0.3, 0.4) is 0 Å². The Morgan fingerprint density at radius 2 is 1.70 bits per heavy atom. The van der Waals surface area contributed by atoms with Gasteiger partial charge in [-0.25, -0.2) is 8.78 Å². The maximum absolute atomic E-state index is 13.4. The van der Waals surface area contributed by atoms with E-state index in [0.29, 0.717) is 5.56 Å². The van der Waals surface area contributed by atoms with E-state index in [1.807, 2.05) is 12.1 Å². The van der Waals surface area contributed by atoms with Crippen molar-refractivity contribution >= 4 is 0 Å². The lowest BCUT2D eigenvalue weighted by molar-refractivity contribution is 0.571. The molecular formula is C17H19F2N. The number of hydrogen-bond acceptors (Lipinski definition) is 1. The smallest absolute Gasteiger partial charge is 0.126 e. The zero-order chi connectivity index (χ0) is 14.5. The standard InChI is InChI=1S/C17H19F2N/c1-3-5-12-6-4-7-13(8-12)17(20-2)14-9-15(18)11-16(19)10-14/h4,6-11,17,20H,3,5H2,1-2H3. The molecule has 3 heteroatoms. The van der Waals surface area contributed by atoms with Crippen molar-refractivity contribution in [3.05, 3.63) is 70.8 Å². The molecule has 0 aromatic heterocycles. The maximum Gasteiger partial charge on any atom is 0.126 e. The summed E-state index contributed by atoms with van der Waals surface area (Å²) in [5.74, 6) is -1.10. The Morgan fingerprint density at radius 3 is 2.30 bits per heavy atom. The SMILES string of the molecule is CCCc1cccc(C(NC)c2cc(F)cc(F)c2)c1. The van der Waals surface area contributed by atoms with Gasteiger partial charge >= 0.3 is 0 Å². The lowest BCUT2D eigenvalue weighted by Gasteiger charge is -2.18. The summed E-state index contributed by atoms with van der Waals surface area (Å²) in [6.07, 6.45) is 2.07. The van der Waals surface area contributed by atoms with Crippen LogP contribution in [0.4, 0.5) is 8.78 Å². The minimum absolute atomic E-state index is 0.211. The van der Waals surface area contributed by atoms with Crippen LogP contribution in [0.25, 0.3) is 0 Å². The van der Waals surface area contributed by atoms with Gasteiger partial charge in [-0.05, 0) is 42.3 Å². The van der Waals surface area contributed by atoms with Gasteiger partial charge < -0.3 is 5.32 Å². The van der Waals surface area contributed by atoms with Crippen molar-refractivity contribution in [3.63, 3.8) is 0 Å². The van der Waals surface area contributed by atoms with Gasteiger partial charge in [0.2, 0.25) is 0 Å². The summed E-state index contributed by atoms with van der Waals surface area (Å²) in [5, 5.41) is 3.13. The molecule has 106 valence electrons. The molecule has 1 nitrogen and oxygen atoms in total. The highest BCUT2D eigenvalue weighted by molar-refractivity contribution is 5.34. The summed E-state index contributed by atoms with van der Waals surface area (Å²) in [4.78, 5) is 0. The quantitative estimate of drug-likeness (QED) is 0.861. The van der Waals surface area contributed by atoms with Crippen molar-refractivity contribution in [2.75, 3.05) is 7.05 Å². The van der Waals surface area contributed by atoms with E-state index < -0.39 is 11.6 Å². The van der Waals surface area contributed by atoms with E-state index in [9.17, 15) is 8.78 Å². The summed E-state index contributed by atoms with van der Waals surface area (Å²) < 4.78 is 26.7. The second-order valence-corrected chi connectivity index (χ2v) is 4.92. The Labute approximate surface area is 118 Å². The molecule has 0 spiro atoms. The fourth-order valence-electron chi connectivity index (χ4n) is 2.48. The second kappa shape index (κ2) is 6.62. The Morgan fingerprint density at radius 1 is 1.00 bits per heavy atom. The summed E-state index contributed by atoms with van der Waals surface area (Å²) in [6, 6.07) is 11.6. The Hall–Kier alpha value is -1.74. The molecule has 0 saturated heterocycles. The molecule has 0 aliphatic heterocycles. The number of halogens is 2. The molecule has 1 N–H and O–H groups in total. The molecule has 0 aliphatic carbocycles. The molecule has 0 amide bonds. The van der Waals surface area contributed by atoms with Crippen molar-refractivity contribution in [2.45, 2.75) is 25.8 Å². The van der Waals surface area contributed by atoms with Crippen molar-refractivity contribution in [3.8, 4) is 0 Å². The normalized spacial score (nSPS) is 12.4. The third kappa shape index (κ3) is 3.42. The first-order valence-electron chi connectivity index (χ1n) is 6.86. The fourth-order valence-corrected chi connectivity index (χ4v) is 2.48. The van der Waals surface area contributed by atoms with Crippen LogP contribution in [0.15, 0.2) is 42.5 Å². The van der Waals surface area contributed by atoms with Gasteiger partial charge in [0.25, 0.3) is 0 Å². The van der Waals surface area contributed by atoms with Crippen molar-refractivity contribution in [1.82, 2.24) is 5.32 Å². The number of nitrogens with one attached hydrogen (secondary N) is 1. The molecule has 2 aromatic carbocycles. The Kier molecular flexibility index (Phi) is 4.85.